The van der Waals surface area contributed by atoms with Crippen LogP contribution in [-0.2, 0) is 0 Å². The van der Waals surface area contributed by atoms with Gasteiger partial charge < -0.3 is 13.6 Å². The molecule has 0 atom stereocenters. The highest BCUT2D eigenvalue weighted by atomic mass is 16.3. The maximum absolute atomic E-state index is 6.55. The van der Waals surface area contributed by atoms with Crippen LogP contribution in [0.25, 0.3) is 76.9 Å². The van der Waals surface area contributed by atoms with Crippen molar-refractivity contribution < 1.29 is 4.42 Å². The lowest BCUT2D eigenvalue weighted by Gasteiger charge is -2.14. The van der Waals surface area contributed by atoms with Crippen LogP contribution < -0.4 is 0 Å². The lowest BCUT2D eigenvalue weighted by Crippen LogP contribution is -2.00. The Bertz CT molecular complexity index is 2350. The molecule has 9 aromatic rings. The minimum Gasteiger partial charge on any atom is -0.454 e. The highest BCUT2D eigenvalue weighted by molar-refractivity contribution is 6.16. The second-order valence-corrected chi connectivity index (χ2v) is 10.1. The van der Waals surface area contributed by atoms with Crippen molar-refractivity contribution >= 4 is 65.6 Å². The van der Waals surface area contributed by atoms with Crippen LogP contribution in [-0.4, -0.2) is 9.13 Å². The van der Waals surface area contributed by atoms with Crippen molar-refractivity contribution in [2.75, 3.05) is 0 Å². The molecule has 0 spiro atoms. The number of rotatable bonds is 2. The summed E-state index contributed by atoms with van der Waals surface area (Å²) in [5, 5.41) is 7.22. The number of fused-ring (bicyclic) bond motifs is 9. The fourth-order valence-corrected chi connectivity index (χ4v) is 6.52. The molecule has 0 N–H and O–H groups in total. The van der Waals surface area contributed by atoms with Crippen molar-refractivity contribution in [3.05, 3.63) is 133 Å². The molecule has 0 aliphatic carbocycles. The first-order chi connectivity index (χ1) is 19.4. The Morgan fingerprint density at radius 3 is 1.54 bits per heavy atom. The van der Waals surface area contributed by atoms with E-state index >= 15 is 0 Å². The Morgan fingerprint density at radius 2 is 0.846 bits per heavy atom. The normalized spacial score (nSPS) is 12.1. The monoisotopic (exact) mass is 498 g/mol. The van der Waals surface area contributed by atoms with E-state index in [1.807, 2.05) is 6.07 Å². The minimum atomic E-state index is 0.901. The zero-order valence-corrected chi connectivity index (χ0v) is 21.0. The topological polar surface area (TPSA) is 23.0 Å². The molecule has 3 nitrogen and oxygen atoms in total. The van der Waals surface area contributed by atoms with Gasteiger partial charge in [0.1, 0.15) is 5.58 Å². The molecule has 182 valence electrons. The number of hydrogen-bond donors (Lipinski definition) is 0. The third kappa shape index (κ3) is 2.71. The molecular formula is C36H22N2O. The molecule has 0 unspecified atom stereocenters. The zero-order chi connectivity index (χ0) is 25.5. The second-order valence-electron chi connectivity index (χ2n) is 10.1. The van der Waals surface area contributed by atoms with Crippen molar-refractivity contribution in [1.29, 1.82) is 0 Å². The van der Waals surface area contributed by atoms with Gasteiger partial charge in [-0.15, -0.1) is 0 Å². The number of aromatic nitrogens is 2. The zero-order valence-electron chi connectivity index (χ0n) is 21.0. The van der Waals surface area contributed by atoms with Crippen LogP contribution >= 0.6 is 0 Å². The fourth-order valence-electron chi connectivity index (χ4n) is 6.52. The van der Waals surface area contributed by atoms with Gasteiger partial charge in [-0.25, -0.2) is 0 Å². The third-order valence-corrected chi connectivity index (χ3v) is 8.12. The molecule has 0 saturated carbocycles. The van der Waals surface area contributed by atoms with Crippen LogP contribution in [0.2, 0.25) is 0 Å². The first-order valence-electron chi connectivity index (χ1n) is 13.3. The van der Waals surface area contributed by atoms with Crippen LogP contribution in [0.15, 0.2) is 138 Å². The van der Waals surface area contributed by atoms with E-state index in [0.717, 1.165) is 44.3 Å². The molecular weight excluding hydrogens is 476 g/mol. The van der Waals surface area contributed by atoms with Gasteiger partial charge in [-0.2, -0.15) is 0 Å². The number of nitrogens with zero attached hydrogens (tertiary/aromatic N) is 2. The summed E-state index contributed by atoms with van der Waals surface area (Å²) in [6.45, 7) is 0. The van der Waals surface area contributed by atoms with Crippen molar-refractivity contribution in [1.82, 2.24) is 9.13 Å². The fraction of sp³-hybridized carbons (Fsp3) is 0. The summed E-state index contributed by atoms with van der Waals surface area (Å²) in [7, 11) is 0. The van der Waals surface area contributed by atoms with Gasteiger partial charge >= 0.3 is 0 Å². The van der Waals surface area contributed by atoms with Crippen LogP contribution in [0.1, 0.15) is 0 Å². The van der Waals surface area contributed by atoms with Gasteiger partial charge in [0.15, 0.2) is 5.58 Å². The van der Waals surface area contributed by atoms with E-state index in [1.54, 1.807) is 0 Å². The molecule has 0 aliphatic rings. The second kappa shape index (κ2) is 7.62. The molecule has 0 radical (unpaired) electrons. The van der Waals surface area contributed by atoms with E-state index in [-0.39, 0.29) is 0 Å². The molecule has 3 aromatic heterocycles. The van der Waals surface area contributed by atoms with E-state index in [1.165, 1.54) is 32.6 Å². The van der Waals surface area contributed by atoms with Gasteiger partial charge in [-0.1, -0.05) is 97.1 Å². The first-order valence-corrected chi connectivity index (χ1v) is 13.3. The van der Waals surface area contributed by atoms with E-state index < -0.39 is 0 Å². The smallest absolute Gasteiger partial charge is 0.159 e. The summed E-state index contributed by atoms with van der Waals surface area (Å²) in [5.74, 6) is 0. The summed E-state index contributed by atoms with van der Waals surface area (Å²) in [5.41, 5.74) is 8.72. The van der Waals surface area contributed by atoms with Crippen molar-refractivity contribution in [3.8, 4) is 11.4 Å². The van der Waals surface area contributed by atoms with Crippen molar-refractivity contribution in [2.24, 2.45) is 0 Å². The maximum atomic E-state index is 6.55. The number of hydrogen-bond acceptors (Lipinski definition) is 1. The molecule has 0 amide bonds. The Balaban J connectivity index is 1.50. The molecule has 0 fully saturated rings. The molecule has 3 heteroatoms. The van der Waals surface area contributed by atoms with Gasteiger partial charge in [0.05, 0.1) is 33.4 Å². The van der Waals surface area contributed by atoms with E-state index in [9.17, 15) is 0 Å². The van der Waals surface area contributed by atoms with Crippen LogP contribution in [0.4, 0.5) is 0 Å². The number of furan rings is 1. The Kier molecular flexibility index (Phi) is 4.05. The predicted molar refractivity (Wildman–Crippen MR) is 162 cm³/mol. The minimum absolute atomic E-state index is 0.901. The number of para-hydroxylation sites is 6. The average Bonchev–Trinajstić information content (AvgIpc) is 3.65. The largest absolute Gasteiger partial charge is 0.454 e. The van der Waals surface area contributed by atoms with Crippen molar-refractivity contribution in [3.63, 3.8) is 0 Å². The number of benzene rings is 6. The molecule has 39 heavy (non-hydrogen) atoms. The van der Waals surface area contributed by atoms with Gasteiger partial charge in [-0.3, -0.25) is 0 Å². The SMILES string of the molecule is c1ccc2c(c1)oc1c(-n3c4ccccc4c4cccc(-n5c6ccccc6c6ccccc65)c43)cccc12. The van der Waals surface area contributed by atoms with Gasteiger partial charge in [0.25, 0.3) is 0 Å². The summed E-state index contributed by atoms with van der Waals surface area (Å²) < 4.78 is 11.4. The summed E-state index contributed by atoms with van der Waals surface area (Å²) in [4.78, 5) is 0. The molecule has 0 saturated heterocycles. The lowest BCUT2D eigenvalue weighted by atomic mass is 10.1. The quantitative estimate of drug-likeness (QED) is 0.233. The third-order valence-electron chi connectivity index (χ3n) is 8.12. The Morgan fingerprint density at radius 1 is 0.359 bits per heavy atom. The molecule has 6 aromatic carbocycles. The summed E-state index contributed by atoms with van der Waals surface area (Å²) >= 11 is 0. The molecule has 9 rings (SSSR count). The van der Waals surface area contributed by atoms with Gasteiger partial charge in [-0.05, 0) is 36.4 Å². The molecule has 0 aliphatic heterocycles. The molecule has 3 heterocycles. The average molecular weight is 499 g/mol. The highest BCUT2D eigenvalue weighted by Gasteiger charge is 2.21. The first kappa shape index (κ1) is 20.7. The van der Waals surface area contributed by atoms with Crippen LogP contribution in [0.5, 0.6) is 0 Å². The van der Waals surface area contributed by atoms with E-state index in [2.05, 4.69) is 137 Å². The highest BCUT2D eigenvalue weighted by Crippen LogP contribution is 2.41. The summed E-state index contributed by atoms with van der Waals surface area (Å²) in [6, 6.07) is 47.5. The Hall–Kier alpha value is -5.28. The Labute approximate surface area is 223 Å². The van der Waals surface area contributed by atoms with E-state index in [0.29, 0.717) is 0 Å². The van der Waals surface area contributed by atoms with Crippen LogP contribution in [0.3, 0.4) is 0 Å². The predicted octanol–water partition coefficient (Wildman–Crippen LogP) is 9.78. The van der Waals surface area contributed by atoms with Gasteiger partial charge in [0.2, 0.25) is 0 Å². The lowest BCUT2D eigenvalue weighted by molar-refractivity contribution is 0.666. The standard InChI is InChI=1S/C36H22N2O/c1-5-17-29-23(11-1)24-12-2-6-18-30(24)37(29)32-20-9-15-27-25-13-3-7-19-31(25)38(35(27)32)33-21-10-16-28-26-14-4-8-22-34(26)39-36(28)33/h1-22H. The maximum Gasteiger partial charge on any atom is 0.159 e. The van der Waals surface area contributed by atoms with Crippen molar-refractivity contribution in [2.45, 2.75) is 0 Å². The van der Waals surface area contributed by atoms with E-state index in [4.69, 9.17) is 4.42 Å². The van der Waals surface area contributed by atoms with Gasteiger partial charge in [0, 0.05) is 32.3 Å². The summed E-state index contributed by atoms with van der Waals surface area (Å²) in [6.07, 6.45) is 0. The molecule has 0 bridgehead atoms. The van der Waals surface area contributed by atoms with Crippen LogP contribution in [0, 0.1) is 0 Å².